The number of thiophene rings is 1. The summed E-state index contributed by atoms with van der Waals surface area (Å²) in [6.45, 7) is 0. The van der Waals surface area contributed by atoms with E-state index in [2.05, 4.69) is 12.6 Å². The van der Waals surface area contributed by atoms with Gasteiger partial charge in [-0.1, -0.05) is 0 Å². The standard InChI is InChI=1S/C10H5NOS2/c11-4-7-3-6-1-2-14-10(6)9(13)8(7)5-12/h1-3,5,13H. The Bertz CT molecular complexity index is 551. The van der Waals surface area contributed by atoms with Gasteiger partial charge in [-0.25, -0.2) is 0 Å². The summed E-state index contributed by atoms with van der Waals surface area (Å²) in [5, 5.41) is 11.7. The molecular weight excluding hydrogens is 214 g/mol. The zero-order valence-corrected chi connectivity index (χ0v) is 8.73. The highest BCUT2D eigenvalue weighted by Gasteiger charge is 2.10. The lowest BCUT2D eigenvalue weighted by molar-refractivity contribution is 0.112. The Morgan fingerprint density at radius 3 is 3.00 bits per heavy atom. The zero-order chi connectivity index (χ0) is 10.1. The van der Waals surface area contributed by atoms with Gasteiger partial charge in [0.25, 0.3) is 0 Å². The molecule has 0 aliphatic rings. The molecule has 0 bridgehead atoms. The van der Waals surface area contributed by atoms with E-state index in [1.54, 1.807) is 6.07 Å². The van der Waals surface area contributed by atoms with Gasteiger partial charge in [-0.2, -0.15) is 5.26 Å². The Hall–Kier alpha value is -1.31. The van der Waals surface area contributed by atoms with Crippen molar-refractivity contribution < 1.29 is 4.79 Å². The van der Waals surface area contributed by atoms with Gasteiger partial charge in [0.15, 0.2) is 6.29 Å². The molecule has 0 aliphatic heterocycles. The molecule has 4 heteroatoms. The highest BCUT2D eigenvalue weighted by Crippen LogP contribution is 2.31. The molecule has 68 valence electrons. The van der Waals surface area contributed by atoms with E-state index < -0.39 is 0 Å². The summed E-state index contributed by atoms with van der Waals surface area (Å²) in [5.74, 6) is 0. The lowest BCUT2D eigenvalue weighted by Crippen LogP contribution is -1.89. The van der Waals surface area contributed by atoms with E-state index in [4.69, 9.17) is 5.26 Å². The average Bonchev–Trinajstić information content (AvgIpc) is 2.65. The first kappa shape index (κ1) is 9.25. The second-order valence-corrected chi connectivity index (χ2v) is 4.12. The fourth-order valence-corrected chi connectivity index (χ4v) is 2.62. The van der Waals surface area contributed by atoms with Crippen LogP contribution in [0.4, 0.5) is 0 Å². The number of fused-ring (bicyclic) bond motifs is 1. The molecule has 0 unspecified atom stereocenters. The lowest BCUT2D eigenvalue weighted by Gasteiger charge is -2.01. The molecular formula is C10H5NOS2. The maximum absolute atomic E-state index is 10.8. The average molecular weight is 219 g/mol. The van der Waals surface area contributed by atoms with Gasteiger partial charge in [-0.15, -0.1) is 24.0 Å². The Labute approximate surface area is 90.2 Å². The van der Waals surface area contributed by atoms with Crippen LogP contribution >= 0.6 is 24.0 Å². The van der Waals surface area contributed by atoms with Crippen LogP contribution in [0.1, 0.15) is 15.9 Å². The van der Waals surface area contributed by atoms with E-state index in [1.807, 2.05) is 17.5 Å². The molecule has 1 aromatic carbocycles. The van der Waals surface area contributed by atoms with Gasteiger partial charge in [0.2, 0.25) is 0 Å². The third-order valence-corrected chi connectivity index (χ3v) is 3.56. The molecule has 0 aliphatic carbocycles. The number of rotatable bonds is 1. The minimum Gasteiger partial charge on any atom is -0.298 e. The van der Waals surface area contributed by atoms with Crippen LogP contribution in [-0.2, 0) is 0 Å². The third kappa shape index (κ3) is 1.22. The van der Waals surface area contributed by atoms with Crippen molar-refractivity contribution in [3.05, 3.63) is 28.6 Å². The van der Waals surface area contributed by atoms with Crippen molar-refractivity contribution in [2.24, 2.45) is 0 Å². The van der Waals surface area contributed by atoms with Gasteiger partial charge < -0.3 is 0 Å². The number of carbonyl (C=O) groups is 1. The first-order valence-corrected chi connectivity index (χ1v) is 5.19. The van der Waals surface area contributed by atoms with Crippen LogP contribution in [0.25, 0.3) is 10.1 Å². The van der Waals surface area contributed by atoms with Crippen molar-refractivity contribution in [1.29, 1.82) is 5.26 Å². The number of hydrogen-bond acceptors (Lipinski definition) is 4. The fraction of sp³-hybridized carbons (Fsp3) is 0. The smallest absolute Gasteiger partial charge is 0.152 e. The first-order valence-electron chi connectivity index (χ1n) is 3.86. The lowest BCUT2D eigenvalue weighted by atomic mass is 10.1. The van der Waals surface area contributed by atoms with Crippen LogP contribution in [0.2, 0.25) is 0 Å². The Morgan fingerprint density at radius 1 is 1.57 bits per heavy atom. The highest BCUT2D eigenvalue weighted by atomic mass is 32.1. The van der Waals surface area contributed by atoms with Crippen molar-refractivity contribution in [2.45, 2.75) is 4.90 Å². The summed E-state index contributed by atoms with van der Waals surface area (Å²) in [6, 6.07) is 5.62. The maximum Gasteiger partial charge on any atom is 0.152 e. The second kappa shape index (κ2) is 3.45. The summed E-state index contributed by atoms with van der Waals surface area (Å²) >= 11 is 5.78. The van der Waals surface area contributed by atoms with E-state index in [0.29, 0.717) is 22.3 Å². The molecule has 1 aromatic heterocycles. The van der Waals surface area contributed by atoms with E-state index in [1.165, 1.54) is 11.3 Å². The van der Waals surface area contributed by atoms with E-state index in [0.717, 1.165) is 10.1 Å². The summed E-state index contributed by atoms with van der Waals surface area (Å²) in [5.41, 5.74) is 0.765. The predicted octanol–water partition coefficient (Wildman–Crippen LogP) is 2.87. The molecule has 0 saturated heterocycles. The highest BCUT2D eigenvalue weighted by molar-refractivity contribution is 7.80. The van der Waals surface area contributed by atoms with Crippen molar-refractivity contribution in [3.8, 4) is 6.07 Å². The van der Waals surface area contributed by atoms with Crippen LogP contribution in [0.5, 0.6) is 0 Å². The summed E-state index contributed by atoms with van der Waals surface area (Å²) < 4.78 is 0.953. The quantitative estimate of drug-likeness (QED) is 0.592. The van der Waals surface area contributed by atoms with E-state index in [-0.39, 0.29) is 0 Å². The van der Waals surface area contributed by atoms with Crippen LogP contribution < -0.4 is 0 Å². The van der Waals surface area contributed by atoms with Gasteiger partial charge in [0.05, 0.1) is 11.6 Å². The second-order valence-electron chi connectivity index (χ2n) is 2.76. The molecule has 2 rings (SSSR count). The van der Waals surface area contributed by atoms with Crippen LogP contribution in [0.3, 0.4) is 0 Å². The monoisotopic (exact) mass is 219 g/mol. The van der Waals surface area contributed by atoms with Crippen LogP contribution in [-0.4, -0.2) is 6.29 Å². The van der Waals surface area contributed by atoms with Crippen molar-refractivity contribution >= 4 is 40.3 Å². The SMILES string of the molecule is N#Cc1cc2ccsc2c(S)c1C=O. The van der Waals surface area contributed by atoms with Crippen LogP contribution in [0.15, 0.2) is 22.4 Å². The van der Waals surface area contributed by atoms with Crippen molar-refractivity contribution in [3.63, 3.8) is 0 Å². The van der Waals surface area contributed by atoms with Gasteiger partial charge in [0, 0.05) is 15.2 Å². The molecule has 2 aromatic rings. The predicted molar refractivity (Wildman–Crippen MR) is 59.2 cm³/mol. The molecule has 0 amide bonds. The first-order chi connectivity index (χ1) is 6.77. The number of hydrogen-bond donors (Lipinski definition) is 1. The molecule has 0 atom stereocenters. The summed E-state index contributed by atoms with van der Waals surface area (Å²) in [4.78, 5) is 11.4. The largest absolute Gasteiger partial charge is 0.298 e. The minimum absolute atomic E-state index is 0.380. The summed E-state index contributed by atoms with van der Waals surface area (Å²) in [7, 11) is 0. The van der Waals surface area contributed by atoms with E-state index >= 15 is 0 Å². The molecule has 0 N–H and O–H groups in total. The Morgan fingerprint density at radius 2 is 2.36 bits per heavy atom. The molecule has 1 heterocycles. The number of nitriles is 1. The molecule has 14 heavy (non-hydrogen) atoms. The number of aldehydes is 1. The van der Waals surface area contributed by atoms with Gasteiger partial charge in [-0.3, -0.25) is 4.79 Å². The van der Waals surface area contributed by atoms with Crippen LogP contribution in [0, 0.1) is 11.3 Å². The Kier molecular flexibility index (Phi) is 2.28. The molecule has 0 spiro atoms. The number of benzene rings is 1. The number of nitrogens with zero attached hydrogens (tertiary/aromatic N) is 1. The third-order valence-electron chi connectivity index (χ3n) is 1.99. The van der Waals surface area contributed by atoms with Gasteiger partial charge in [0.1, 0.15) is 0 Å². The number of thiol groups is 1. The number of carbonyl (C=O) groups excluding carboxylic acids is 1. The van der Waals surface area contributed by atoms with E-state index in [9.17, 15) is 4.79 Å². The van der Waals surface area contributed by atoms with Crippen molar-refractivity contribution in [2.75, 3.05) is 0 Å². The van der Waals surface area contributed by atoms with Gasteiger partial charge >= 0.3 is 0 Å². The minimum atomic E-state index is 0.380. The maximum atomic E-state index is 10.8. The van der Waals surface area contributed by atoms with Crippen molar-refractivity contribution in [1.82, 2.24) is 0 Å². The zero-order valence-electron chi connectivity index (χ0n) is 7.02. The molecule has 0 saturated carbocycles. The molecule has 0 fully saturated rings. The molecule has 2 nitrogen and oxygen atoms in total. The normalized spacial score (nSPS) is 10.0. The van der Waals surface area contributed by atoms with Gasteiger partial charge in [-0.05, 0) is 22.9 Å². The Balaban J connectivity index is 2.94. The molecule has 0 radical (unpaired) electrons. The topological polar surface area (TPSA) is 40.9 Å². The fourth-order valence-electron chi connectivity index (χ4n) is 1.32. The summed E-state index contributed by atoms with van der Waals surface area (Å²) in [6.07, 6.45) is 0.681.